The van der Waals surface area contributed by atoms with Gasteiger partial charge in [0.25, 0.3) is 0 Å². The van der Waals surface area contributed by atoms with E-state index in [2.05, 4.69) is 14.8 Å². The predicted octanol–water partition coefficient (Wildman–Crippen LogP) is 6.63. The van der Waals surface area contributed by atoms with Crippen LogP contribution in [0.15, 0.2) is 54.7 Å². The van der Waals surface area contributed by atoms with Crippen molar-refractivity contribution < 1.29 is 31.1 Å². The molecule has 2 aromatic carbocycles. The third-order valence-electron chi connectivity index (χ3n) is 7.64. The van der Waals surface area contributed by atoms with E-state index in [1.807, 2.05) is 44.3 Å². The van der Waals surface area contributed by atoms with Crippen LogP contribution in [-0.2, 0) is 22.6 Å². The van der Waals surface area contributed by atoms with Crippen molar-refractivity contribution in [2.45, 2.75) is 38.5 Å². The van der Waals surface area contributed by atoms with E-state index >= 15 is 0 Å². The molecule has 1 aromatic heterocycles. The molecule has 11 heteroatoms. The number of amides is 1. The Bertz CT molecular complexity index is 1390. The maximum absolute atomic E-state index is 13.9. The summed E-state index contributed by atoms with van der Waals surface area (Å²) in [5.74, 6) is 0.0295. The molecule has 41 heavy (non-hydrogen) atoms. The van der Waals surface area contributed by atoms with E-state index < -0.39 is 40.4 Å². The SMILES string of the molecule is Cc1ccccc1-c1cc(N2CC[N+](C)CC2)ncc1N(C)C(=O)C(C)(C)c1cc(C(F)(F)F)cc(C(F)(F)F)c1. The number of likely N-dealkylation sites (N-methyl/N-ethyl adjacent to an activating group) is 2. The fraction of sp³-hybridized carbons (Fsp3) is 0.400. The molecule has 5 nitrogen and oxygen atoms in total. The van der Waals surface area contributed by atoms with Gasteiger partial charge in [-0.2, -0.15) is 31.2 Å². The predicted molar refractivity (Wildman–Crippen MR) is 147 cm³/mol. The fourth-order valence-electron chi connectivity index (χ4n) is 4.97. The molecule has 1 radical (unpaired) electrons. The number of nitrogens with zero attached hydrogens (tertiary/aromatic N) is 4. The summed E-state index contributed by atoms with van der Waals surface area (Å²) in [5, 5.41) is 0. The maximum atomic E-state index is 13.9. The molecule has 1 aliphatic rings. The van der Waals surface area contributed by atoms with E-state index in [1.54, 1.807) is 0 Å². The number of pyridine rings is 1. The molecule has 219 valence electrons. The number of hydrogen-bond donors (Lipinski definition) is 0. The lowest BCUT2D eigenvalue weighted by atomic mass is 9.81. The molecule has 4 rings (SSSR count). The zero-order valence-electron chi connectivity index (χ0n) is 23.5. The van der Waals surface area contributed by atoms with Gasteiger partial charge >= 0.3 is 12.4 Å². The average molecular weight is 579 g/mol. The van der Waals surface area contributed by atoms with Crippen molar-refractivity contribution in [1.29, 1.82) is 0 Å². The van der Waals surface area contributed by atoms with E-state index in [9.17, 15) is 31.1 Å². The summed E-state index contributed by atoms with van der Waals surface area (Å²) in [7, 11) is 3.49. The molecule has 2 heterocycles. The van der Waals surface area contributed by atoms with E-state index in [0.29, 0.717) is 29.2 Å². The topological polar surface area (TPSA) is 42.3 Å². The van der Waals surface area contributed by atoms with Gasteiger partial charge in [0.2, 0.25) is 5.91 Å². The monoisotopic (exact) mass is 578 g/mol. The highest BCUT2D eigenvalue weighted by Gasteiger charge is 2.41. The van der Waals surface area contributed by atoms with Crippen LogP contribution in [0, 0.1) is 6.92 Å². The van der Waals surface area contributed by atoms with Gasteiger partial charge in [-0.15, -0.1) is 0 Å². The Labute approximate surface area is 235 Å². The molecule has 0 N–H and O–H groups in total. The van der Waals surface area contributed by atoms with Gasteiger partial charge < -0.3 is 9.80 Å². The number of carbonyl (C=O) groups is 1. The maximum Gasteiger partial charge on any atom is 0.416 e. The number of aromatic nitrogens is 1. The van der Waals surface area contributed by atoms with Gasteiger partial charge in [-0.05, 0) is 61.7 Å². The first-order chi connectivity index (χ1) is 19.0. The Morgan fingerprint density at radius 1 is 0.878 bits per heavy atom. The second kappa shape index (κ2) is 11.0. The Hall–Kier alpha value is -3.60. The van der Waals surface area contributed by atoms with Gasteiger partial charge in [0.15, 0.2) is 0 Å². The van der Waals surface area contributed by atoms with E-state index in [1.165, 1.54) is 32.0 Å². The van der Waals surface area contributed by atoms with Gasteiger partial charge in [0.1, 0.15) is 26.0 Å². The first-order valence-corrected chi connectivity index (χ1v) is 13.1. The second-order valence-electron chi connectivity index (χ2n) is 10.9. The molecular weight excluding hydrogens is 546 g/mol. The fourth-order valence-corrected chi connectivity index (χ4v) is 4.97. The van der Waals surface area contributed by atoms with Gasteiger partial charge in [-0.3, -0.25) is 4.79 Å². The quantitative estimate of drug-likeness (QED) is 0.252. The van der Waals surface area contributed by atoms with Crippen LogP contribution in [0.25, 0.3) is 11.1 Å². The van der Waals surface area contributed by atoms with E-state index in [0.717, 1.165) is 37.3 Å². The van der Waals surface area contributed by atoms with Crippen molar-refractivity contribution in [1.82, 2.24) is 9.88 Å². The molecule has 0 unspecified atom stereocenters. The van der Waals surface area contributed by atoms with Gasteiger partial charge in [0.05, 0.1) is 41.5 Å². The smallest absolute Gasteiger partial charge is 0.345 e. The van der Waals surface area contributed by atoms with E-state index in [-0.39, 0.29) is 6.07 Å². The van der Waals surface area contributed by atoms with Gasteiger partial charge in [0, 0.05) is 12.6 Å². The van der Waals surface area contributed by atoms with Crippen LogP contribution in [0.1, 0.15) is 36.1 Å². The number of anilines is 2. The van der Waals surface area contributed by atoms with Crippen LogP contribution in [0.5, 0.6) is 0 Å². The first-order valence-electron chi connectivity index (χ1n) is 13.1. The number of hydrogen-bond acceptors (Lipinski definition) is 4. The molecule has 0 aliphatic carbocycles. The molecule has 0 bridgehead atoms. The minimum atomic E-state index is -5.03. The number of benzene rings is 2. The Balaban J connectivity index is 1.79. The van der Waals surface area contributed by atoms with Crippen molar-refractivity contribution in [3.63, 3.8) is 0 Å². The summed E-state index contributed by atoms with van der Waals surface area (Å²) in [4.78, 5) is 24.1. The minimum Gasteiger partial charge on any atom is -0.345 e. The van der Waals surface area contributed by atoms with Crippen LogP contribution in [-0.4, -0.2) is 51.2 Å². The summed E-state index contributed by atoms with van der Waals surface area (Å²) in [6, 6.07) is 10.7. The Morgan fingerprint density at radius 2 is 1.41 bits per heavy atom. The lowest BCUT2D eigenvalue weighted by molar-refractivity contribution is -0.143. The normalized spacial score (nSPS) is 15.2. The van der Waals surface area contributed by atoms with Crippen molar-refractivity contribution in [2.75, 3.05) is 50.1 Å². The number of carbonyl (C=O) groups excluding carboxylic acids is 1. The molecule has 1 saturated heterocycles. The third-order valence-corrected chi connectivity index (χ3v) is 7.64. The summed E-state index contributed by atoms with van der Waals surface area (Å²) in [6.45, 7) is 7.78. The van der Waals surface area contributed by atoms with Crippen LogP contribution in [0.2, 0.25) is 0 Å². The highest BCUT2D eigenvalue weighted by Crippen LogP contribution is 2.41. The van der Waals surface area contributed by atoms with Gasteiger partial charge in [-0.25, -0.2) is 4.98 Å². The van der Waals surface area contributed by atoms with Crippen molar-refractivity contribution in [2.24, 2.45) is 0 Å². The number of halogens is 6. The summed E-state index contributed by atoms with van der Waals surface area (Å²) in [6.07, 6.45) is -8.51. The molecular formula is C30H32F6N4O+. The first kappa shape index (κ1) is 30.4. The number of rotatable bonds is 5. The number of aryl methyl sites for hydroxylation is 1. The Morgan fingerprint density at radius 3 is 1.95 bits per heavy atom. The minimum absolute atomic E-state index is 0.0606. The van der Waals surface area contributed by atoms with Crippen molar-refractivity contribution >= 4 is 17.4 Å². The zero-order chi connectivity index (χ0) is 30.3. The third kappa shape index (κ3) is 6.34. The van der Waals surface area contributed by atoms with Crippen molar-refractivity contribution in [3.8, 4) is 11.1 Å². The Kier molecular flexibility index (Phi) is 8.14. The largest absolute Gasteiger partial charge is 0.416 e. The lowest BCUT2D eigenvalue weighted by Gasteiger charge is -2.33. The zero-order valence-corrected chi connectivity index (χ0v) is 23.5. The summed E-state index contributed by atoms with van der Waals surface area (Å²) < 4.78 is 81.4. The number of piperazine rings is 1. The lowest BCUT2D eigenvalue weighted by Crippen LogP contribution is -2.48. The molecule has 0 saturated carbocycles. The average Bonchev–Trinajstić information content (AvgIpc) is 2.91. The molecule has 0 atom stereocenters. The van der Waals surface area contributed by atoms with E-state index in [4.69, 9.17) is 0 Å². The molecule has 3 aromatic rings. The highest BCUT2D eigenvalue weighted by molar-refractivity contribution is 6.03. The molecule has 1 fully saturated rings. The van der Waals surface area contributed by atoms with Crippen LogP contribution >= 0.6 is 0 Å². The highest BCUT2D eigenvalue weighted by atomic mass is 19.4. The summed E-state index contributed by atoms with van der Waals surface area (Å²) in [5.41, 5.74) is -2.25. The standard InChI is InChI=1S/C30H32F6N4O/c1-19-8-6-7-9-23(19)24-17-26(40-12-10-38(4)11-13-40)37-18-25(24)39(5)27(41)28(2,3)20-14-21(29(31,32)33)16-22(15-20)30(34,35)36/h6-9,14-18H,10-13H2,1-5H3/q+1. The van der Waals surface area contributed by atoms with Crippen LogP contribution < -0.4 is 14.7 Å². The molecule has 1 aliphatic heterocycles. The van der Waals surface area contributed by atoms with Crippen molar-refractivity contribution in [3.05, 3.63) is 77.0 Å². The molecule has 1 amide bonds. The van der Waals surface area contributed by atoms with Gasteiger partial charge in [-0.1, -0.05) is 24.3 Å². The van der Waals surface area contributed by atoms with Crippen LogP contribution in [0.4, 0.5) is 37.8 Å². The summed E-state index contributed by atoms with van der Waals surface area (Å²) >= 11 is 0. The number of alkyl halides is 6. The molecule has 0 spiro atoms. The second-order valence-corrected chi connectivity index (χ2v) is 10.9. The van der Waals surface area contributed by atoms with Crippen LogP contribution in [0.3, 0.4) is 0 Å².